The number of hydrogen-bond acceptors (Lipinski definition) is 3. The van der Waals surface area contributed by atoms with E-state index in [9.17, 15) is 9.59 Å². The van der Waals surface area contributed by atoms with Crippen LogP contribution in [0, 0.1) is 6.92 Å². The van der Waals surface area contributed by atoms with Crippen LogP contribution < -0.4 is 0 Å². The molecular formula is C14H18ClNO3. The zero-order chi connectivity index (χ0) is 14.4. The van der Waals surface area contributed by atoms with Crippen molar-refractivity contribution in [2.45, 2.75) is 20.8 Å². The van der Waals surface area contributed by atoms with E-state index in [0.717, 1.165) is 5.56 Å². The average Bonchev–Trinajstić information content (AvgIpc) is 2.35. The summed E-state index contributed by atoms with van der Waals surface area (Å²) < 4.78 is 4.86. The number of carbonyl (C=O) groups is 2. The minimum absolute atomic E-state index is 0.0365. The first-order valence-electron chi connectivity index (χ1n) is 6.20. The lowest BCUT2D eigenvalue weighted by atomic mass is 10.1. The van der Waals surface area contributed by atoms with Crippen LogP contribution in [0.2, 0.25) is 5.02 Å². The van der Waals surface area contributed by atoms with Gasteiger partial charge in [-0.05, 0) is 44.5 Å². The number of halogens is 1. The third-order valence-electron chi connectivity index (χ3n) is 2.71. The highest BCUT2D eigenvalue weighted by atomic mass is 35.5. The summed E-state index contributed by atoms with van der Waals surface area (Å²) in [6.45, 7) is 6.09. The summed E-state index contributed by atoms with van der Waals surface area (Å²) in [5.74, 6) is -0.589. The number of ether oxygens (including phenoxy) is 1. The molecule has 0 aliphatic heterocycles. The maximum Gasteiger partial charge on any atom is 0.325 e. The van der Waals surface area contributed by atoms with E-state index >= 15 is 0 Å². The fourth-order valence-corrected chi connectivity index (χ4v) is 1.95. The molecule has 19 heavy (non-hydrogen) atoms. The molecule has 0 radical (unpaired) electrons. The molecule has 0 saturated carbocycles. The second kappa shape index (κ2) is 7.14. The van der Waals surface area contributed by atoms with Crippen molar-refractivity contribution in [2.24, 2.45) is 0 Å². The van der Waals surface area contributed by atoms with Crippen LogP contribution in [0.5, 0.6) is 0 Å². The molecule has 0 fully saturated rings. The van der Waals surface area contributed by atoms with Gasteiger partial charge in [0.1, 0.15) is 6.54 Å². The first kappa shape index (κ1) is 15.5. The number of benzene rings is 1. The predicted octanol–water partition coefficient (Wildman–Crippen LogP) is 2.67. The molecule has 0 aliphatic rings. The normalized spacial score (nSPS) is 10.1. The van der Waals surface area contributed by atoms with Gasteiger partial charge in [-0.15, -0.1) is 0 Å². The van der Waals surface area contributed by atoms with E-state index in [1.54, 1.807) is 25.1 Å². The lowest BCUT2D eigenvalue weighted by molar-refractivity contribution is -0.143. The van der Waals surface area contributed by atoms with Gasteiger partial charge in [-0.1, -0.05) is 11.6 Å². The number of likely N-dealkylation sites (N-methyl/N-ethyl adjacent to an activating group) is 1. The Bertz CT molecular complexity index is 474. The molecule has 0 spiro atoms. The van der Waals surface area contributed by atoms with Crippen LogP contribution in [0.1, 0.15) is 29.8 Å². The van der Waals surface area contributed by atoms with Gasteiger partial charge in [-0.3, -0.25) is 9.59 Å². The quantitative estimate of drug-likeness (QED) is 0.781. The Balaban J connectivity index is 2.86. The lowest BCUT2D eigenvalue weighted by Crippen LogP contribution is -2.36. The van der Waals surface area contributed by atoms with Crippen molar-refractivity contribution in [3.8, 4) is 0 Å². The molecule has 5 heteroatoms. The molecule has 0 heterocycles. The molecule has 1 rings (SSSR count). The summed E-state index contributed by atoms with van der Waals surface area (Å²) in [6.07, 6.45) is 0. The van der Waals surface area contributed by atoms with Crippen molar-refractivity contribution in [3.63, 3.8) is 0 Å². The third-order valence-corrected chi connectivity index (χ3v) is 2.95. The molecule has 0 saturated heterocycles. The molecule has 0 aromatic heterocycles. The van der Waals surface area contributed by atoms with Gasteiger partial charge in [0.2, 0.25) is 0 Å². The molecule has 0 atom stereocenters. The number of hydrogen-bond donors (Lipinski definition) is 0. The lowest BCUT2D eigenvalue weighted by Gasteiger charge is -2.20. The second-order valence-electron chi connectivity index (χ2n) is 4.08. The Morgan fingerprint density at radius 3 is 2.53 bits per heavy atom. The predicted molar refractivity (Wildman–Crippen MR) is 74.4 cm³/mol. The molecule has 0 unspecified atom stereocenters. The minimum Gasteiger partial charge on any atom is -0.465 e. The van der Waals surface area contributed by atoms with Gasteiger partial charge in [0.05, 0.1) is 6.61 Å². The summed E-state index contributed by atoms with van der Waals surface area (Å²) in [5, 5.41) is 0.586. The molecule has 1 amide bonds. The Morgan fingerprint density at radius 1 is 1.32 bits per heavy atom. The standard InChI is InChI=1S/C14H18ClNO3/c1-4-16(9-13(17)19-5-2)14(18)12-7-6-11(15)8-10(12)3/h6-8H,4-5,9H2,1-3H3. The Labute approximate surface area is 118 Å². The third kappa shape index (κ3) is 4.24. The Kier molecular flexibility index (Phi) is 5.83. The zero-order valence-electron chi connectivity index (χ0n) is 11.4. The van der Waals surface area contributed by atoms with Crippen LogP contribution in [-0.4, -0.2) is 36.5 Å². The topological polar surface area (TPSA) is 46.6 Å². The SMILES string of the molecule is CCOC(=O)CN(CC)C(=O)c1ccc(Cl)cc1C. The average molecular weight is 284 g/mol. The van der Waals surface area contributed by atoms with Gasteiger partial charge in [-0.2, -0.15) is 0 Å². The van der Waals surface area contributed by atoms with Gasteiger partial charge in [0, 0.05) is 17.1 Å². The molecular weight excluding hydrogens is 266 g/mol. The van der Waals surface area contributed by atoms with E-state index in [1.807, 2.05) is 13.8 Å². The Morgan fingerprint density at radius 2 is 2.00 bits per heavy atom. The van der Waals surface area contributed by atoms with Crippen molar-refractivity contribution in [3.05, 3.63) is 34.3 Å². The Hall–Kier alpha value is -1.55. The first-order valence-corrected chi connectivity index (χ1v) is 6.58. The summed E-state index contributed by atoms with van der Waals surface area (Å²) in [7, 11) is 0. The van der Waals surface area contributed by atoms with E-state index in [0.29, 0.717) is 23.7 Å². The molecule has 104 valence electrons. The first-order chi connectivity index (χ1) is 8.99. The van der Waals surface area contributed by atoms with Gasteiger partial charge in [-0.25, -0.2) is 0 Å². The zero-order valence-corrected chi connectivity index (χ0v) is 12.2. The number of carbonyl (C=O) groups excluding carboxylic acids is 2. The fraction of sp³-hybridized carbons (Fsp3) is 0.429. The van der Waals surface area contributed by atoms with Gasteiger partial charge in [0.15, 0.2) is 0 Å². The fourth-order valence-electron chi connectivity index (χ4n) is 1.73. The van der Waals surface area contributed by atoms with Gasteiger partial charge >= 0.3 is 5.97 Å². The summed E-state index contributed by atoms with van der Waals surface area (Å²) in [5.41, 5.74) is 1.34. The summed E-state index contributed by atoms with van der Waals surface area (Å²) >= 11 is 5.86. The highest BCUT2D eigenvalue weighted by Gasteiger charge is 2.19. The second-order valence-corrected chi connectivity index (χ2v) is 4.52. The highest BCUT2D eigenvalue weighted by molar-refractivity contribution is 6.30. The van der Waals surface area contributed by atoms with E-state index in [4.69, 9.17) is 16.3 Å². The number of esters is 1. The van der Waals surface area contributed by atoms with Crippen molar-refractivity contribution in [1.82, 2.24) is 4.90 Å². The molecule has 1 aromatic carbocycles. The molecule has 0 aliphatic carbocycles. The highest BCUT2D eigenvalue weighted by Crippen LogP contribution is 2.17. The van der Waals surface area contributed by atoms with Crippen molar-refractivity contribution >= 4 is 23.5 Å². The number of rotatable bonds is 5. The van der Waals surface area contributed by atoms with Crippen LogP contribution in [0.25, 0.3) is 0 Å². The van der Waals surface area contributed by atoms with Crippen LogP contribution in [-0.2, 0) is 9.53 Å². The number of aryl methyl sites for hydroxylation is 1. The van der Waals surface area contributed by atoms with Crippen LogP contribution >= 0.6 is 11.6 Å². The molecule has 1 aromatic rings. The summed E-state index contributed by atoms with van der Waals surface area (Å²) in [4.78, 5) is 25.2. The van der Waals surface area contributed by atoms with Crippen molar-refractivity contribution in [1.29, 1.82) is 0 Å². The maximum absolute atomic E-state index is 12.3. The van der Waals surface area contributed by atoms with Gasteiger partial charge in [0.25, 0.3) is 5.91 Å². The molecule has 0 N–H and O–H groups in total. The van der Waals surface area contributed by atoms with Crippen LogP contribution in [0.15, 0.2) is 18.2 Å². The smallest absolute Gasteiger partial charge is 0.325 e. The van der Waals surface area contributed by atoms with E-state index in [2.05, 4.69) is 0 Å². The van der Waals surface area contributed by atoms with Crippen molar-refractivity contribution < 1.29 is 14.3 Å². The number of nitrogens with zero attached hydrogens (tertiary/aromatic N) is 1. The van der Waals surface area contributed by atoms with Crippen molar-refractivity contribution in [2.75, 3.05) is 19.7 Å². The monoisotopic (exact) mass is 283 g/mol. The van der Waals surface area contributed by atoms with E-state index in [-0.39, 0.29) is 12.5 Å². The van der Waals surface area contributed by atoms with E-state index < -0.39 is 5.97 Å². The maximum atomic E-state index is 12.3. The van der Waals surface area contributed by atoms with Crippen LogP contribution in [0.3, 0.4) is 0 Å². The van der Waals surface area contributed by atoms with Crippen LogP contribution in [0.4, 0.5) is 0 Å². The number of amides is 1. The minimum atomic E-state index is -0.399. The largest absolute Gasteiger partial charge is 0.465 e. The molecule has 4 nitrogen and oxygen atoms in total. The van der Waals surface area contributed by atoms with Gasteiger partial charge < -0.3 is 9.64 Å². The van der Waals surface area contributed by atoms with E-state index in [1.165, 1.54) is 4.90 Å². The summed E-state index contributed by atoms with van der Waals surface area (Å²) in [6, 6.07) is 5.07. The molecule has 0 bridgehead atoms.